The van der Waals surface area contributed by atoms with Crippen molar-refractivity contribution in [2.24, 2.45) is 0 Å². The summed E-state index contributed by atoms with van der Waals surface area (Å²) in [4.78, 5) is 13.2. The quantitative estimate of drug-likeness (QED) is 0.315. The molecule has 0 N–H and O–H groups in total. The van der Waals surface area contributed by atoms with E-state index in [1.165, 1.54) is 4.88 Å². The van der Waals surface area contributed by atoms with Gasteiger partial charge in [0.1, 0.15) is 11.9 Å². The van der Waals surface area contributed by atoms with E-state index in [1.54, 1.807) is 35.5 Å². The molecular weight excluding hydrogens is 434 g/mol. The molecule has 8 heteroatoms. The Labute approximate surface area is 166 Å². The van der Waals surface area contributed by atoms with Crippen LogP contribution in [0.2, 0.25) is 0 Å². The summed E-state index contributed by atoms with van der Waals surface area (Å²) in [6, 6.07) is 11.5. The molecule has 0 amide bonds. The van der Waals surface area contributed by atoms with Crippen LogP contribution in [-0.4, -0.2) is 14.8 Å². The number of hydrogen-bond acceptors (Lipinski definition) is 6. The van der Waals surface area contributed by atoms with Gasteiger partial charge in [-0.1, -0.05) is 33.8 Å². The third-order valence-corrected chi connectivity index (χ3v) is 6.37. The fourth-order valence-corrected chi connectivity index (χ4v) is 4.63. The molecule has 132 valence electrons. The fraction of sp³-hybridized carbons (Fsp3) is 0.167. The molecule has 0 saturated heterocycles. The van der Waals surface area contributed by atoms with Crippen molar-refractivity contribution in [3.8, 4) is 0 Å². The summed E-state index contributed by atoms with van der Waals surface area (Å²) in [7, 11) is 0. The van der Waals surface area contributed by atoms with Gasteiger partial charge in [0.2, 0.25) is 0 Å². The number of halogens is 1. The molecule has 0 aliphatic heterocycles. The first-order valence-electron chi connectivity index (χ1n) is 7.94. The Bertz CT molecular complexity index is 1090. The molecule has 0 radical (unpaired) electrons. The number of hydrogen-bond donors (Lipinski definition) is 0. The number of nitrogens with zero attached hydrogens (tertiary/aromatic N) is 3. The number of thiophene rings is 1. The molecule has 4 rings (SSSR count). The lowest BCUT2D eigenvalue weighted by Gasteiger charge is -2.07. The number of aromatic nitrogens is 3. The Morgan fingerprint density at radius 3 is 3.04 bits per heavy atom. The summed E-state index contributed by atoms with van der Waals surface area (Å²) in [5.74, 6) is 0.626. The van der Waals surface area contributed by atoms with Gasteiger partial charge in [0, 0.05) is 33.1 Å². The molecule has 0 fully saturated rings. The van der Waals surface area contributed by atoms with E-state index in [0.29, 0.717) is 11.3 Å². The van der Waals surface area contributed by atoms with Crippen LogP contribution in [0.1, 0.15) is 10.4 Å². The summed E-state index contributed by atoms with van der Waals surface area (Å²) in [6.07, 6.45) is 2.71. The first-order valence-corrected chi connectivity index (χ1v) is 10.6. The maximum absolute atomic E-state index is 11.9. The summed E-state index contributed by atoms with van der Waals surface area (Å²) >= 11 is 6.73. The summed E-state index contributed by atoms with van der Waals surface area (Å²) in [5.41, 5.74) is 1.17. The molecule has 0 aliphatic carbocycles. The van der Waals surface area contributed by atoms with Crippen LogP contribution in [0.3, 0.4) is 0 Å². The second-order valence-electron chi connectivity index (χ2n) is 5.66. The minimum absolute atomic E-state index is 0.342. The van der Waals surface area contributed by atoms with E-state index < -0.39 is 0 Å². The van der Waals surface area contributed by atoms with E-state index >= 15 is 0 Å². The average Bonchev–Trinajstić information content (AvgIpc) is 3.28. The predicted octanol–water partition coefficient (Wildman–Crippen LogP) is 4.74. The van der Waals surface area contributed by atoms with Crippen molar-refractivity contribution >= 4 is 50.0 Å². The SMILES string of the molecule is O=c1cc(CSc2nncn2CCc2cccs2)c2ccc(Br)cc2o1. The van der Waals surface area contributed by atoms with Crippen molar-refractivity contribution in [2.45, 2.75) is 23.9 Å². The Kier molecular flexibility index (Phi) is 5.23. The molecule has 1 aromatic carbocycles. The zero-order valence-corrected chi connectivity index (χ0v) is 16.8. The highest BCUT2D eigenvalue weighted by atomic mass is 79.9. The molecule has 3 heterocycles. The van der Waals surface area contributed by atoms with Crippen molar-refractivity contribution in [3.05, 3.63) is 73.4 Å². The number of benzene rings is 1. The van der Waals surface area contributed by atoms with Gasteiger partial charge in [-0.25, -0.2) is 4.79 Å². The van der Waals surface area contributed by atoms with Gasteiger partial charge in [-0.05, 0) is 41.6 Å². The van der Waals surface area contributed by atoms with E-state index in [9.17, 15) is 4.79 Å². The van der Waals surface area contributed by atoms with Crippen LogP contribution in [0.4, 0.5) is 0 Å². The maximum Gasteiger partial charge on any atom is 0.336 e. The highest BCUT2D eigenvalue weighted by Gasteiger charge is 2.10. The van der Waals surface area contributed by atoms with Gasteiger partial charge in [0.25, 0.3) is 0 Å². The monoisotopic (exact) mass is 447 g/mol. The van der Waals surface area contributed by atoms with Crippen molar-refractivity contribution in [3.63, 3.8) is 0 Å². The van der Waals surface area contributed by atoms with Crippen molar-refractivity contribution < 1.29 is 4.42 Å². The normalized spacial score (nSPS) is 11.3. The average molecular weight is 448 g/mol. The molecular formula is C18H14BrN3O2S2. The molecule has 0 bridgehead atoms. The summed E-state index contributed by atoms with van der Waals surface area (Å²) < 4.78 is 8.23. The maximum atomic E-state index is 11.9. The van der Waals surface area contributed by atoms with E-state index in [2.05, 4.69) is 48.2 Å². The lowest BCUT2D eigenvalue weighted by atomic mass is 10.1. The largest absolute Gasteiger partial charge is 0.423 e. The third kappa shape index (κ3) is 3.92. The number of fused-ring (bicyclic) bond motifs is 1. The Morgan fingerprint density at radius 2 is 2.19 bits per heavy atom. The molecule has 0 saturated carbocycles. The van der Waals surface area contributed by atoms with Crippen molar-refractivity contribution in [1.82, 2.24) is 14.8 Å². The highest BCUT2D eigenvalue weighted by Crippen LogP contribution is 2.27. The predicted molar refractivity (Wildman–Crippen MR) is 108 cm³/mol. The van der Waals surface area contributed by atoms with Gasteiger partial charge < -0.3 is 8.98 Å². The van der Waals surface area contributed by atoms with Gasteiger partial charge >= 0.3 is 5.63 Å². The highest BCUT2D eigenvalue weighted by molar-refractivity contribution is 9.10. The van der Waals surface area contributed by atoms with E-state index in [-0.39, 0.29) is 5.63 Å². The van der Waals surface area contributed by atoms with E-state index in [4.69, 9.17) is 4.42 Å². The topological polar surface area (TPSA) is 60.9 Å². The van der Waals surface area contributed by atoms with Gasteiger partial charge in [-0.15, -0.1) is 21.5 Å². The van der Waals surface area contributed by atoms with Crippen LogP contribution in [0.5, 0.6) is 0 Å². The minimum Gasteiger partial charge on any atom is -0.423 e. The number of aryl methyl sites for hydroxylation is 2. The molecule has 0 aliphatic rings. The second-order valence-corrected chi connectivity index (χ2v) is 8.55. The third-order valence-electron chi connectivity index (χ3n) is 3.91. The lowest BCUT2D eigenvalue weighted by molar-refractivity contribution is 0.559. The Morgan fingerprint density at radius 1 is 1.27 bits per heavy atom. The molecule has 4 aromatic rings. The summed E-state index contributed by atoms with van der Waals surface area (Å²) in [6.45, 7) is 0.834. The molecule has 5 nitrogen and oxygen atoms in total. The zero-order chi connectivity index (χ0) is 17.9. The zero-order valence-electron chi connectivity index (χ0n) is 13.6. The van der Waals surface area contributed by atoms with Crippen LogP contribution < -0.4 is 5.63 Å². The van der Waals surface area contributed by atoms with Crippen LogP contribution in [-0.2, 0) is 18.7 Å². The number of rotatable bonds is 6. The first-order chi connectivity index (χ1) is 12.7. The molecule has 0 unspecified atom stereocenters. The van der Waals surface area contributed by atoms with Crippen molar-refractivity contribution in [2.75, 3.05) is 0 Å². The summed E-state index contributed by atoms with van der Waals surface area (Å²) in [5, 5.41) is 12.1. The van der Waals surface area contributed by atoms with Crippen LogP contribution in [0.25, 0.3) is 11.0 Å². The van der Waals surface area contributed by atoms with Crippen LogP contribution in [0, 0.1) is 0 Å². The lowest BCUT2D eigenvalue weighted by Crippen LogP contribution is -2.02. The standard InChI is InChI=1S/C18H14BrN3O2S2/c19-13-3-4-15-12(8-17(23)24-16(15)9-13)10-26-18-21-20-11-22(18)6-5-14-2-1-7-25-14/h1-4,7-9,11H,5-6,10H2. The van der Waals surface area contributed by atoms with Crippen LogP contribution in [0.15, 0.2) is 66.9 Å². The van der Waals surface area contributed by atoms with Gasteiger partial charge in [0.05, 0.1) is 0 Å². The molecule has 0 atom stereocenters. The van der Waals surface area contributed by atoms with Gasteiger partial charge in [-0.3, -0.25) is 0 Å². The Balaban J connectivity index is 1.52. The minimum atomic E-state index is -0.342. The van der Waals surface area contributed by atoms with Crippen LogP contribution >= 0.6 is 39.0 Å². The first kappa shape index (κ1) is 17.5. The fourth-order valence-electron chi connectivity index (χ4n) is 2.66. The Hall–Kier alpha value is -1.90. The molecule has 26 heavy (non-hydrogen) atoms. The second kappa shape index (κ2) is 7.77. The molecule has 0 spiro atoms. The van der Waals surface area contributed by atoms with E-state index in [1.807, 2.05) is 18.2 Å². The van der Waals surface area contributed by atoms with Gasteiger partial charge in [-0.2, -0.15) is 0 Å². The number of thioether (sulfide) groups is 1. The smallest absolute Gasteiger partial charge is 0.336 e. The van der Waals surface area contributed by atoms with Crippen molar-refractivity contribution in [1.29, 1.82) is 0 Å². The van der Waals surface area contributed by atoms with Gasteiger partial charge in [0.15, 0.2) is 5.16 Å². The van der Waals surface area contributed by atoms with E-state index in [0.717, 1.165) is 33.5 Å². The molecule has 3 aromatic heterocycles.